The molecule has 0 radical (unpaired) electrons. The normalized spacial score (nSPS) is 17.2. The van der Waals surface area contributed by atoms with Crippen LogP contribution in [0.2, 0.25) is 0 Å². The van der Waals surface area contributed by atoms with Crippen LogP contribution in [0.4, 0.5) is 15.4 Å². The summed E-state index contributed by atoms with van der Waals surface area (Å²) in [4.78, 5) is 27.8. The van der Waals surface area contributed by atoms with E-state index in [1.54, 1.807) is 0 Å². The molecule has 208 valence electrons. The Morgan fingerprint density at radius 3 is 2.28 bits per heavy atom. The van der Waals surface area contributed by atoms with Crippen LogP contribution in [-0.4, -0.2) is 38.9 Å². The van der Waals surface area contributed by atoms with E-state index in [0.717, 1.165) is 36.1 Å². The predicted octanol–water partition coefficient (Wildman–Crippen LogP) is 6.64. The van der Waals surface area contributed by atoms with Gasteiger partial charge in [-0.15, -0.1) is 0 Å². The van der Waals surface area contributed by atoms with Crippen molar-refractivity contribution in [2.75, 3.05) is 5.32 Å². The van der Waals surface area contributed by atoms with E-state index >= 15 is 0 Å². The Balaban J connectivity index is 1.48. The van der Waals surface area contributed by atoms with Gasteiger partial charge in [-0.3, -0.25) is 5.32 Å². The highest BCUT2D eigenvalue weighted by Crippen LogP contribution is 2.38. The molecule has 2 N–H and O–H groups in total. The molecule has 2 atom stereocenters. The lowest BCUT2D eigenvalue weighted by Gasteiger charge is -2.30. The largest absolute Gasteiger partial charge is 0.444 e. The molecular weight excluding hydrogens is 490 g/mol. The van der Waals surface area contributed by atoms with Gasteiger partial charge in [0.1, 0.15) is 12.4 Å². The number of benzene rings is 2. The zero-order valence-electron chi connectivity index (χ0n) is 23.7. The average molecular weight is 532 g/mol. The number of carbonyl (C=O) groups excluding carboxylic acids is 2. The third-order valence-electron chi connectivity index (χ3n) is 6.94. The van der Waals surface area contributed by atoms with Gasteiger partial charge in [-0.2, -0.15) is 5.10 Å². The predicted molar refractivity (Wildman–Crippen MR) is 154 cm³/mol. The van der Waals surface area contributed by atoms with E-state index in [0.29, 0.717) is 12.4 Å². The number of hydrogen-bond acceptors (Lipinski definition) is 4. The van der Waals surface area contributed by atoms with Crippen LogP contribution in [0.25, 0.3) is 0 Å². The monoisotopic (exact) mass is 531 g/mol. The molecule has 8 heteroatoms. The van der Waals surface area contributed by atoms with Gasteiger partial charge in [0.15, 0.2) is 0 Å². The van der Waals surface area contributed by atoms with Gasteiger partial charge < -0.3 is 15.0 Å². The first-order chi connectivity index (χ1) is 18.6. The number of carbonyl (C=O) groups is 2. The summed E-state index contributed by atoms with van der Waals surface area (Å²) in [5, 5.41) is 10.9. The summed E-state index contributed by atoms with van der Waals surface area (Å²) in [6.45, 7) is 10.9. The van der Waals surface area contributed by atoms with E-state index in [1.165, 1.54) is 0 Å². The Kier molecular flexibility index (Phi) is 8.94. The van der Waals surface area contributed by atoms with Gasteiger partial charge in [0, 0.05) is 30.6 Å². The van der Waals surface area contributed by atoms with E-state index in [2.05, 4.69) is 43.5 Å². The number of amides is 3. The Morgan fingerprint density at radius 2 is 1.67 bits per heavy atom. The van der Waals surface area contributed by atoms with Crippen molar-refractivity contribution in [2.24, 2.45) is 0 Å². The molecule has 4 rings (SSSR count). The number of nitrogens with one attached hydrogen (secondary N) is 2. The summed E-state index contributed by atoms with van der Waals surface area (Å²) in [6.07, 6.45) is 2.12. The highest BCUT2D eigenvalue weighted by Gasteiger charge is 2.35. The van der Waals surface area contributed by atoms with Crippen LogP contribution in [0.3, 0.4) is 0 Å². The fraction of sp³-hybridized carbons (Fsp3) is 0.452. The lowest BCUT2D eigenvalue weighted by molar-refractivity contribution is 0.154. The van der Waals surface area contributed by atoms with Crippen LogP contribution < -0.4 is 10.6 Å². The minimum Gasteiger partial charge on any atom is -0.444 e. The number of rotatable bonds is 8. The topological polar surface area (TPSA) is 88.5 Å². The van der Waals surface area contributed by atoms with Gasteiger partial charge in [-0.1, -0.05) is 60.7 Å². The molecule has 1 heterocycles. The summed E-state index contributed by atoms with van der Waals surface area (Å²) >= 11 is 0. The first-order valence-corrected chi connectivity index (χ1v) is 13.8. The van der Waals surface area contributed by atoms with Gasteiger partial charge in [0.25, 0.3) is 0 Å². The van der Waals surface area contributed by atoms with Gasteiger partial charge in [-0.05, 0) is 65.0 Å². The van der Waals surface area contributed by atoms with Gasteiger partial charge in [-0.25, -0.2) is 14.3 Å². The Hall–Kier alpha value is -3.81. The molecule has 8 nitrogen and oxygen atoms in total. The maximum atomic E-state index is 13.2. The van der Waals surface area contributed by atoms with Crippen LogP contribution in [0.1, 0.15) is 76.6 Å². The summed E-state index contributed by atoms with van der Waals surface area (Å²) in [5.41, 5.74) is 2.62. The first kappa shape index (κ1) is 28.2. The van der Waals surface area contributed by atoms with Gasteiger partial charge in [0.05, 0.1) is 11.2 Å². The van der Waals surface area contributed by atoms with Crippen LogP contribution in [0.5, 0.6) is 0 Å². The first-order valence-electron chi connectivity index (χ1n) is 13.8. The quantitative estimate of drug-likeness (QED) is 0.341. The Labute approximate surface area is 231 Å². The average Bonchev–Trinajstić information content (AvgIpc) is 3.54. The van der Waals surface area contributed by atoms with Crippen molar-refractivity contribution in [3.8, 4) is 0 Å². The molecule has 1 aromatic heterocycles. The highest BCUT2D eigenvalue weighted by molar-refractivity contribution is 5.83. The van der Waals surface area contributed by atoms with Crippen LogP contribution in [0.15, 0.2) is 66.7 Å². The van der Waals surface area contributed by atoms with Gasteiger partial charge >= 0.3 is 12.1 Å². The van der Waals surface area contributed by atoms with Crippen LogP contribution >= 0.6 is 0 Å². The minimum atomic E-state index is -0.514. The maximum absolute atomic E-state index is 13.2. The second kappa shape index (κ2) is 12.4. The molecule has 2 aromatic carbocycles. The van der Waals surface area contributed by atoms with Crippen molar-refractivity contribution in [1.82, 2.24) is 20.0 Å². The summed E-state index contributed by atoms with van der Waals surface area (Å²) in [5.74, 6) is 0.794. The lowest BCUT2D eigenvalue weighted by atomic mass is 10.0. The second-order valence-electron chi connectivity index (χ2n) is 11.6. The van der Waals surface area contributed by atoms with Crippen molar-refractivity contribution in [3.05, 3.63) is 83.6 Å². The zero-order chi connectivity index (χ0) is 28.0. The second-order valence-corrected chi connectivity index (χ2v) is 11.6. The molecule has 0 saturated heterocycles. The number of ether oxygens (including phenoxy) is 1. The van der Waals surface area contributed by atoms with E-state index in [1.807, 2.05) is 78.0 Å². The number of anilines is 1. The van der Waals surface area contributed by atoms with Crippen molar-refractivity contribution in [2.45, 2.75) is 90.6 Å². The molecule has 1 aliphatic carbocycles. The molecule has 0 aliphatic heterocycles. The molecule has 0 bridgehead atoms. The molecular formula is C31H41N5O3. The number of urea groups is 1. The number of hydrogen-bond donors (Lipinski definition) is 2. The highest BCUT2D eigenvalue weighted by atomic mass is 16.5. The van der Waals surface area contributed by atoms with Crippen molar-refractivity contribution >= 4 is 17.9 Å². The Morgan fingerprint density at radius 1 is 1.03 bits per heavy atom. The number of nitrogens with zero attached hydrogens (tertiary/aromatic N) is 3. The summed E-state index contributed by atoms with van der Waals surface area (Å²) < 4.78 is 7.31. The van der Waals surface area contributed by atoms with Crippen LogP contribution in [0, 0.1) is 0 Å². The molecule has 1 saturated carbocycles. The molecule has 1 fully saturated rings. The third-order valence-corrected chi connectivity index (χ3v) is 6.94. The third kappa shape index (κ3) is 7.62. The van der Waals surface area contributed by atoms with E-state index in [-0.39, 0.29) is 36.2 Å². The summed E-state index contributed by atoms with van der Waals surface area (Å²) in [7, 11) is 0. The van der Waals surface area contributed by atoms with E-state index in [9.17, 15) is 9.59 Å². The maximum Gasteiger partial charge on any atom is 0.413 e. The Bertz CT molecular complexity index is 1230. The van der Waals surface area contributed by atoms with Crippen molar-refractivity contribution < 1.29 is 14.3 Å². The van der Waals surface area contributed by atoms with Crippen LogP contribution in [-0.2, 0) is 23.4 Å². The van der Waals surface area contributed by atoms with Crippen molar-refractivity contribution in [3.63, 3.8) is 0 Å². The lowest BCUT2D eigenvalue weighted by Crippen LogP contribution is -2.47. The smallest absolute Gasteiger partial charge is 0.413 e. The molecule has 2 unspecified atom stereocenters. The summed E-state index contributed by atoms with van der Waals surface area (Å²) in [6, 6.07) is 21.8. The molecule has 1 aliphatic rings. The minimum absolute atomic E-state index is 0.0387. The number of aromatic nitrogens is 2. The zero-order valence-corrected chi connectivity index (χ0v) is 23.7. The fourth-order valence-electron chi connectivity index (χ4n) is 5.05. The van der Waals surface area contributed by atoms with E-state index in [4.69, 9.17) is 9.84 Å². The molecule has 0 spiro atoms. The van der Waals surface area contributed by atoms with Crippen molar-refractivity contribution in [1.29, 1.82) is 0 Å². The van der Waals surface area contributed by atoms with E-state index < -0.39 is 6.09 Å². The fourth-order valence-corrected chi connectivity index (χ4v) is 5.05. The molecule has 39 heavy (non-hydrogen) atoms. The van der Waals surface area contributed by atoms with Gasteiger partial charge in [0.2, 0.25) is 0 Å². The SMILES string of the molecule is CC(C)NC(=O)N(Cc1ccccc1)C1CCC(c2cc(NC(=O)OCc3ccccc3)n(C(C)(C)C)n2)C1. The molecule has 3 aromatic rings. The molecule has 3 amide bonds. The standard InChI is InChI=1S/C31H41N5O3/c1-22(2)32-29(37)35(20-23-12-8-6-9-13-23)26-17-16-25(18-26)27-19-28(36(34-27)31(3,4)5)33-30(38)39-21-24-14-10-7-11-15-24/h6-15,19,22,25-26H,16-18,20-21H2,1-5H3,(H,32,37)(H,33,38).